The minimum absolute atomic E-state index is 0.820. The second kappa shape index (κ2) is 9.13. The van der Waals surface area contributed by atoms with Gasteiger partial charge in [-0.3, -0.25) is 0 Å². The standard InChI is InChI=1S/C24H31N3O/c1-28-24-17-22(20-13-10-14-25-20)27-23(24)16-21-18-11-8-6-4-2-3-5-7-9-12-19(15-18)26-21/h10,13-17,25-26H,2-9,11-12H2,1H3/b23-16+. The zero-order valence-electron chi connectivity index (χ0n) is 16.9. The summed E-state index contributed by atoms with van der Waals surface area (Å²) in [6.45, 7) is 0. The van der Waals surface area contributed by atoms with E-state index >= 15 is 0 Å². The molecule has 4 heteroatoms. The van der Waals surface area contributed by atoms with E-state index in [0.717, 1.165) is 35.7 Å². The normalized spacial score (nSPS) is 20.1. The van der Waals surface area contributed by atoms with Crippen molar-refractivity contribution in [1.82, 2.24) is 9.97 Å². The Morgan fingerprint density at radius 1 is 1.00 bits per heavy atom. The molecular weight excluding hydrogens is 346 g/mol. The average Bonchev–Trinajstić information content (AvgIpc) is 3.43. The predicted octanol–water partition coefficient (Wildman–Crippen LogP) is 5.94. The summed E-state index contributed by atoms with van der Waals surface area (Å²) in [6.07, 6.45) is 19.1. The van der Waals surface area contributed by atoms with Gasteiger partial charge < -0.3 is 14.7 Å². The lowest BCUT2D eigenvalue weighted by Crippen LogP contribution is -1.93. The number of nitrogens with one attached hydrogen (secondary N) is 2. The number of H-pyrrole nitrogens is 2. The van der Waals surface area contributed by atoms with Crippen molar-refractivity contribution in [3.05, 3.63) is 64.6 Å². The average molecular weight is 378 g/mol. The molecule has 1 aliphatic carbocycles. The summed E-state index contributed by atoms with van der Waals surface area (Å²) >= 11 is 0. The van der Waals surface area contributed by atoms with Crippen LogP contribution in [0, 0.1) is 0 Å². The van der Waals surface area contributed by atoms with Crippen molar-refractivity contribution in [2.24, 2.45) is 4.99 Å². The van der Waals surface area contributed by atoms with Gasteiger partial charge in [0.15, 0.2) is 0 Å². The fourth-order valence-corrected chi connectivity index (χ4v) is 4.19. The van der Waals surface area contributed by atoms with Crippen molar-refractivity contribution < 1.29 is 4.74 Å². The van der Waals surface area contributed by atoms with Crippen LogP contribution in [0.3, 0.4) is 0 Å². The molecule has 0 radical (unpaired) electrons. The number of hydrogen-bond acceptors (Lipinski definition) is 2. The van der Waals surface area contributed by atoms with E-state index in [0.29, 0.717) is 0 Å². The molecule has 0 saturated heterocycles. The number of rotatable bonds is 3. The van der Waals surface area contributed by atoms with Gasteiger partial charge in [0.05, 0.1) is 18.5 Å². The van der Waals surface area contributed by atoms with Crippen LogP contribution >= 0.6 is 0 Å². The Balaban J connectivity index is 1.60. The van der Waals surface area contributed by atoms with Crippen molar-refractivity contribution in [2.75, 3.05) is 7.11 Å². The number of aromatic amines is 2. The molecule has 148 valence electrons. The van der Waals surface area contributed by atoms with Crippen LogP contribution in [-0.4, -0.2) is 22.8 Å². The highest BCUT2D eigenvalue weighted by atomic mass is 16.5. The number of ether oxygens (including phenoxy) is 1. The second-order valence-electron chi connectivity index (χ2n) is 7.89. The monoisotopic (exact) mass is 377 g/mol. The van der Waals surface area contributed by atoms with Gasteiger partial charge in [-0.1, -0.05) is 38.5 Å². The van der Waals surface area contributed by atoms with Crippen molar-refractivity contribution >= 4 is 11.8 Å². The summed E-state index contributed by atoms with van der Waals surface area (Å²) in [6, 6.07) is 6.41. The van der Waals surface area contributed by atoms with Gasteiger partial charge in [-0.15, -0.1) is 0 Å². The van der Waals surface area contributed by atoms with E-state index in [2.05, 4.69) is 22.1 Å². The van der Waals surface area contributed by atoms with E-state index < -0.39 is 0 Å². The summed E-state index contributed by atoms with van der Waals surface area (Å²) in [7, 11) is 1.71. The summed E-state index contributed by atoms with van der Waals surface area (Å²) in [5.74, 6) is 0.820. The number of allylic oxidation sites excluding steroid dienone is 1. The van der Waals surface area contributed by atoms with Crippen molar-refractivity contribution in [1.29, 1.82) is 0 Å². The second-order valence-corrected chi connectivity index (χ2v) is 7.89. The van der Waals surface area contributed by atoms with Crippen molar-refractivity contribution in [3.63, 3.8) is 0 Å². The lowest BCUT2D eigenvalue weighted by molar-refractivity contribution is 0.303. The van der Waals surface area contributed by atoms with Gasteiger partial charge in [-0.05, 0) is 55.5 Å². The Hall–Kier alpha value is -2.49. The number of fused-ring (bicyclic) bond motifs is 2. The van der Waals surface area contributed by atoms with Gasteiger partial charge in [0.2, 0.25) is 0 Å². The Morgan fingerprint density at radius 3 is 2.46 bits per heavy atom. The summed E-state index contributed by atoms with van der Waals surface area (Å²) in [4.78, 5) is 11.7. The highest BCUT2D eigenvalue weighted by molar-refractivity contribution is 6.11. The molecule has 0 amide bonds. The first-order valence-corrected chi connectivity index (χ1v) is 10.7. The maximum atomic E-state index is 5.61. The number of aliphatic imine (C=N–C) groups is 1. The Morgan fingerprint density at radius 2 is 1.75 bits per heavy atom. The van der Waals surface area contributed by atoms with Gasteiger partial charge in [0.1, 0.15) is 11.5 Å². The zero-order chi connectivity index (χ0) is 19.2. The molecule has 2 aromatic rings. The first-order valence-electron chi connectivity index (χ1n) is 10.7. The molecule has 1 aliphatic heterocycles. The number of nitrogens with zero attached hydrogens (tertiary/aromatic N) is 1. The van der Waals surface area contributed by atoms with Crippen LogP contribution < -0.4 is 0 Å². The topological polar surface area (TPSA) is 53.2 Å². The van der Waals surface area contributed by atoms with E-state index in [1.165, 1.54) is 68.3 Å². The Kier molecular flexibility index (Phi) is 6.15. The maximum absolute atomic E-state index is 5.61. The third kappa shape index (κ3) is 4.49. The molecule has 0 unspecified atom stereocenters. The van der Waals surface area contributed by atoms with Crippen LogP contribution in [0.5, 0.6) is 0 Å². The molecule has 2 aromatic heterocycles. The van der Waals surface area contributed by atoms with Gasteiger partial charge in [-0.25, -0.2) is 4.99 Å². The largest absolute Gasteiger partial charge is 0.494 e. The highest BCUT2D eigenvalue weighted by Crippen LogP contribution is 2.27. The molecule has 0 atom stereocenters. The van der Waals surface area contributed by atoms with E-state index in [1.807, 2.05) is 24.4 Å². The maximum Gasteiger partial charge on any atom is 0.146 e. The van der Waals surface area contributed by atoms with Gasteiger partial charge in [0, 0.05) is 23.7 Å². The summed E-state index contributed by atoms with van der Waals surface area (Å²) in [5.41, 5.74) is 6.80. The van der Waals surface area contributed by atoms with Crippen LogP contribution in [0.1, 0.15) is 74.0 Å². The number of hydrogen-bond donors (Lipinski definition) is 2. The minimum atomic E-state index is 0.820. The molecule has 0 saturated carbocycles. The predicted molar refractivity (Wildman–Crippen MR) is 116 cm³/mol. The molecule has 2 N–H and O–H groups in total. The summed E-state index contributed by atoms with van der Waals surface area (Å²) in [5, 5.41) is 0. The lowest BCUT2D eigenvalue weighted by atomic mass is 10.0. The summed E-state index contributed by atoms with van der Waals surface area (Å²) < 4.78 is 5.61. The smallest absolute Gasteiger partial charge is 0.146 e. The fourth-order valence-electron chi connectivity index (χ4n) is 4.19. The van der Waals surface area contributed by atoms with Crippen molar-refractivity contribution in [2.45, 2.75) is 64.2 Å². The fraction of sp³-hybridized carbons (Fsp3) is 0.458. The Labute approximate surface area is 167 Å². The van der Waals surface area contributed by atoms with Crippen LogP contribution in [0.15, 0.2) is 46.9 Å². The third-order valence-corrected chi connectivity index (χ3v) is 5.77. The molecule has 4 nitrogen and oxygen atoms in total. The number of aromatic nitrogens is 2. The van der Waals surface area contributed by atoms with Gasteiger partial charge in [0.25, 0.3) is 0 Å². The van der Waals surface area contributed by atoms with E-state index in [4.69, 9.17) is 9.73 Å². The molecule has 2 bridgehead atoms. The third-order valence-electron chi connectivity index (χ3n) is 5.77. The molecule has 0 spiro atoms. The zero-order valence-corrected chi connectivity index (χ0v) is 16.9. The molecule has 0 fully saturated rings. The van der Waals surface area contributed by atoms with Gasteiger partial charge in [-0.2, -0.15) is 0 Å². The van der Waals surface area contributed by atoms with E-state index in [9.17, 15) is 0 Å². The number of methoxy groups -OCH3 is 1. The van der Waals surface area contributed by atoms with Crippen LogP contribution in [0.4, 0.5) is 0 Å². The molecule has 2 aliphatic rings. The van der Waals surface area contributed by atoms with Gasteiger partial charge >= 0.3 is 0 Å². The molecule has 0 aromatic carbocycles. The van der Waals surface area contributed by atoms with Crippen LogP contribution in [-0.2, 0) is 17.6 Å². The first-order chi connectivity index (χ1) is 13.8. The molecule has 3 heterocycles. The van der Waals surface area contributed by atoms with Crippen molar-refractivity contribution in [3.8, 4) is 0 Å². The van der Waals surface area contributed by atoms with Crippen LogP contribution in [0.25, 0.3) is 6.08 Å². The first kappa shape index (κ1) is 18.9. The Bertz CT molecular complexity index is 868. The van der Waals surface area contributed by atoms with E-state index in [1.54, 1.807) is 7.11 Å². The van der Waals surface area contributed by atoms with E-state index in [-0.39, 0.29) is 0 Å². The number of aryl methyl sites for hydroxylation is 2. The molecule has 4 rings (SSSR count). The quantitative estimate of drug-likeness (QED) is 0.684. The molecule has 28 heavy (non-hydrogen) atoms. The SMILES string of the molecule is COC1=CC(c2ccc[nH]2)=N/C1=C/c1[nH]c2cc1CCCCCCCCCC2. The highest BCUT2D eigenvalue weighted by Gasteiger charge is 2.18. The molecular formula is C24H31N3O. The minimum Gasteiger partial charge on any atom is -0.494 e. The lowest BCUT2D eigenvalue weighted by Gasteiger charge is -2.05. The van der Waals surface area contributed by atoms with Crippen LogP contribution in [0.2, 0.25) is 0 Å².